The first-order valence-electron chi connectivity index (χ1n) is 12.0. The highest BCUT2D eigenvalue weighted by Crippen LogP contribution is 2.44. The molecule has 4 rings (SSSR count). The number of carbonyl (C=O) groups excluding carboxylic acids is 2. The number of amides is 2. The molecule has 0 saturated carbocycles. The summed E-state index contributed by atoms with van der Waals surface area (Å²) in [4.78, 5) is 38.5. The van der Waals surface area contributed by atoms with E-state index in [-0.39, 0.29) is 25.0 Å². The zero-order chi connectivity index (χ0) is 25.2. The van der Waals surface area contributed by atoms with Crippen molar-refractivity contribution in [2.75, 3.05) is 13.2 Å². The largest absolute Gasteiger partial charge is 0.480 e. The molecule has 1 heterocycles. The van der Waals surface area contributed by atoms with E-state index < -0.39 is 29.8 Å². The third-order valence-electron chi connectivity index (χ3n) is 6.44. The van der Waals surface area contributed by atoms with Gasteiger partial charge in [-0.05, 0) is 62.3 Å². The molecule has 2 atom stereocenters. The number of carboxylic acids is 1. The van der Waals surface area contributed by atoms with Gasteiger partial charge in [-0.2, -0.15) is 0 Å². The average Bonchev–Trinajstić information content (AvgIpc) is 3.38. The number of aliphatic carboxylic acids is 1. The lowest BCUT2D eigenvalue weighted by Crippen LogP contribution is -2.47. The van der Waals surface area contributed by atoms with Crippen molar-refractivity contribution in [3.63, 3.8) is 0 Å². The van der Waals surface area contributed by atoms with Crippen LogP contribution in [-0.4, -0.2) is 59.0 Å². The molecule has 2 amide bonds. The molecule has 1 saturated heterocycles. The van der Waals surface area contributed by atoms with E-state index in [1.54, 1.807) is 25.7 Å². The minimum absolute atomic E-state index is 0.0481. The molecular weight excluding hydrogens is 448 g/mol. The van der Waals surface area contributed by atoms with Crippen molar-refractivity contribution in [3.8, 4) is 11.1 Å². The average molecular weight is 481 g/mol. The maximum absolute atomic E-state index is 13.0. The Bertz CT molecular complexity index is 1060. The predicted molar refractivity (Wildman–Crippen MR) is 130 cm³/mol. The number of nitrogens with zero attached hydrogens (tertiary/aromatic N) is 1. The van der Waals surface area contributed by atoms with E-state index in [1.807, 2.05) is 24.3 Å². The van der Waals surface area contributed by atoms with Crippen molar-refractivity contribution < 1.29 is 29.0 Å². The molecule has 35 heavy (non-hydrogen) atoms. The van der Waals surface area contributed by atoms with Crippen molar-refractivity contribution >= 4 is 18.2 Å². The number of fused-ring (bicyclic) bond motifs is 3. The second-order valence-corrected chi connectivity index (χ2v) is 10.1. The molecular formula is C27H32N2O6. The molecule has 0 radical (unpaired) electrons. The Morgan fingerprint density at radius 2 is 1.66 bits per heavy atom. The normalized spacial score (nSPS) is 17.9. The number of hydrogen-bond donors (Lipinski definition) is 2. The summed E-state index contributed by atoms with van der Waals surface area (Å²) in [5, 5.41) is 12.1. The number of hydrogen-bond acceptors (Lipinski definition) is 5. The highest BCUT2D eigenvalue weighted by molar-refractivity contribution is 5.80. The fourth-order valence-corrected chi connectivity index (χ4v) is 4.94. The molecule has 0 spiro atoms. The Kier molecular flexibility index (Phi) is 7.00. The number of carboxylic acid groups (broad SMARTS) is 1. The molecule has 2 aliphatic rings. The number of carbonyl (C=O) groups is 3. The minimum atomic E-state index is -1.17. The molecule has 2 unspecified atom stereocenters. The van der Waals surface area contributed by atoms with E-state index >= 15 is 0 Å². The summed E-state index contributed by atoms with van der Waals surface area (Å²) in [7, 11) is 0. The number of ether oxygens (including phenoxy) is 2. The van der Waals surface area contributed by atoms with E-state index in [2.05, 4.69) is 29.6 Å². The first-order valence-corrected chi connectivity index (χ1v) is 12.0. The lowest BCUT2D eigenvalue weighted by molar-refractivity contribution is -0.140. The Hall–Kier alpha value is -3.55. The van der Waals surface area contributed by atoms with Gasteiger partial charge in [0.15, 0.2) is 0 Å². The molecule has 8 heteroatoms. The lowest BCUT2D eigenvalue weighted by atomic mass is 9.98. The van der Waals surface area contributed by atoms with Crippen molar-refractivity contribution in [3.05, 3.63) is 59.7 Å². The zero-order valence-electron chi connectivity index (χ0n) is 20.3. The number of alkyl carbamates (subject to hydrolysis) is 1. The zero-order valence-corrected chi connectivity index (χ0v) is 20.3. The SMILES string of the molecule is CC(C)(C)OC(=O)NC(CC1CCCN1C(=O)OCC1c2ccccc2-c2ccccc21)C(=O)O. The smallest absolute Gasteiger partial charge is 0.410 e. The van der Waals surface area contributed by atoms with E-state index in [0.29, 0.717) is 13.0 Å². The van der Waals surface area contributed by atoms with Gasteiger partial charge in [0.05, 0.1) is 0 Å². The predicted octanol–water partition coefficient (Wildman–Crippen LogP) is 4.77. The third-order valence-corrected chi connectivity index (χ3v) is 6.44. The monoisotopic (exact) mass is 480 g/mol. The Labute approximate surface area is 205 Å². The molecule has 2 N–H and O–H groups in total. The Morgan fingerprint density at radius 3 is 2.23 bits per heavy atom. The van der Waals surface area contributed by atoms with Crippen LogP contribution < -0.4 is 5.32 Å². The Morgan fingerprint density at radius 1 is 1.06 bits per heavy atom. The highest BCUT2D eigenvalue weighted by atomic mass is 16.6. The second kappa shape index (κ2) is 9.98. The fourth-order valence-electron chi connectivity index (χ4n) is 4.94. The van der Waals surface area contributed by atoms with Crippen LogP contribution >= 0.6 is 0 Å². The summed E-state index contributed by atoms with van der Waals surface area (Å²) in [6.45, 7) is 5.81. The summed E-state index contributed by atoms with van der Waals surface area (Å²) in [6, 6.07) is 14.7. The number of rotatable bonds is 6. The molecule has 1 aliphatic heterocycles. The lowest BCUT2D eigenvalue weighted by Gasteiger charge is -2.28. The van der Waals surface area contributed by atoms with Gasteiger partial charge in [0.2, 0.25) is 0 Å². The standard InChI is InChI=1S/C27H32N2O6/c1-27(2,3)35-25(32)28-23(24(30)31)15-17-9-8-14-29(17)26(33)34-16-22-20-12-6-4-10-18(20)19-11-5-7-13-21(19)22/h4-7,10-13,17,22-23H,8-9,14-16H2,1-3H3,(H,28,32)(H,30,31). The molecule has 186 valence electrons. The molecule has 0 aromatic heterocycles. The van der Waals surface area contributed by atoms with Gasteiger partial charge in [-0.15, -0.1) is 0 Å². The van der Waals surface area contributed by atoms with Crippen LogP contribution in [0.15, 0.2) is 48.5 Å². The van der Waals surface area contributed by atoms with Gasteiger partial charge in [-0.25, -0.2) is 14.4 Å². The van der Waals surface area contributed by atoms with Gasteiger partial charge in [0, 0.05) is 18.5 Å². The fraction of sp³-hybridized carbons (Fsp3) is 0.444. The van der Waals surface area contributed by atoms with Gasteiger partial charge >= 0.3 is 18.2 Å². The Balaban J connectivity index is 1.40. The molecule has 2 aromatic carbocycles. The highest BCUT2D eigenvalue weighted by Gasteiger charge is 2.36. The number of benzene rings is 2. The maximum Gasteiger partial charge on any atom is 0.410 e. The number of nitrogens with one attached hydrogen (secondary N) is 1. The summed E-state index contributed by atoms with van der Waals surface area (Å²) >= 11 is 0. The first-order chi connectivity index (χ1) is 16.6. The van der Waals surface area contributed by atoms with Gasteiger partial charge in [0.1, 0.15) is 18.2 Å². The molecule has 1 aliphatic carbocycles. The summed E-state index contributed by atoms with van der Waals surface area (Å²) in [5.74, 6) is -1.22. The van der Waals surface area contributed by atoms with Gasteiger partial charge in [0.25, 0.3) is 0 Å². The van der Waals surface area contributed by atoms with Crippen molar-refractivity contribution in [1.82, 2.24) is 10.2 Å². The maximum atomic E-state index is 13.0. The van der Waals surface area contributed by atoms with Crippen molar-refractivity contribution in [1.29, 1.82) is 0 Å². The van der Waals surface area contributed by atoms with Crippen LogP contribution in [-0.2, 0) is 14.3 Å². The molecule has 1 fully saturated rings. The summed E-state index contributed by atoms with van der Waals surface area (Å²) < 4.78 is 11.0. The van der Waals surface area contributed by atoms with Crippen LogP contribution in [0.1, 0.15) is 57.1 Å². The third kappa shape index (κ3) is 5.58. The van der Waals surface area contributed by atoms with Crippen LogP contribution in [0.5, 0.6) is 0 Å². The van der Waals surface area contributed by atoms with E-state index in [4.69, 9.17) is 9.47 Å². The van der Waals surface area contributed by atoms with Gasteiger partial charge in [-0.3, -0.25) is 0 Å². The van der Waals surface area contributed by atoms with E-state index in [9.17, 15) is 19.5 Å². The van der Waals surface area contributed by atoms with Crippen LogP contribution in [0, 0.1) is 0 Å². The summed E-state index contributed by atoms with van der Waals surface area (Å²) in [5.41, 5.74) is 3.83. The van der Waals surface area contributed by atoms with E-state index in [0.717, 1.165) is 28.7 Å². The summed E-state index contributed by atoms with van der Waals surface area (Å²) in [6.07, 6.45) is 0.211. The van der Waals surface area contributed by atoms with Crippen molar-refractivity contribution in [2.45, 2.75) is 63.6 Å². The second-order valence-electron chi connectivity index (χ2n) is 10.1. The quantitative estimate of drug-likeness (QED) is 0.617. The van der Waals surface area contributed by atoms with Crippen molar-refractivity contribution in [2.24, 2.45) is 0 Å². The first kappa shape index (κ1) is 24.6. The molecule has 0 bridgehead atoms. The van der Waals surface area contributed by atoms with Gasteiger partial charge in [-0.1, -0.05) is 48.5 Å². The molecule has 2 aromatic rings. The van der Waals surface area contributed by atoms with Crippen LogP contribution in [0.2, 0.25) is 0 Å². The topological polar surface area (TPSA) is 105 Å². The van der Waals surface area contributed by atoms with Gasteiger partial charge < -0.3 is 24.8 Å². The number of likely N-dealkylation sites (tertiary alicyclic amines) is 1. The van der Waals surface area contributed by atoms with Crippen LogP contribution in [0.4, 0.5) is 9.59 Å². The van der Waals surface area contributed by atoms with Crippen LogP contribution in [0.25, 0.3) is 11.1 Å². The minimum Gasteiger partial charge on any atom is -0.480 e. The van der Waals surface area contributed by atoms with E-state index in [1.165, 1.54) is 0 Å². The molecule has 8 nitrogen and oxygen atoms in total. The van der Waals surface area contributed by atoms with Crippen LogP contribution in [0.3, 0.4) is 0 Å².